The van der Waals surface area contributed by atoms with Crippen LogP contribution in [0.3, 0.4) is 0 Å². The van der Waals surface area contributed by atoms with Gasteiger partial charge in [0.15, 0.2) is 5.96 Å². The molecule has 1 atom stereocenters. The summed E-state index contributed by atoms with van der Waals surface area (Å²) in [6.07, 6.45) is 1.94. The molecule has 0 amide bonds. The summed E-state index contributed by atoms with van der Waals surface area (Å²) < 4.78 is 17.4. The monoisotopic (exact) mass is 351 g/mol. The van der Waals surface area contributed by atoms with Crippen molar-refractivity contribution in [3.05, 3.63) is 29.3 Å². The van der Waals surface area contributed by atoms with Gasteiger partial charge >= 0.3 is 0 Å². The van der Waals surface area contributed by atoms with Crippen LogP contribution in [-0.4, -0.2) is 47.4 Å². The van der Waals surface area contributed by atoms with E-state index in [1.54, 1.807) is 7.05 Å². The number of aliphatic imine (C=N–C) groups is 1. The van der Waals surface area contributed by atoms with Gasteiger partial charge in [-0.1, -0.05) is 12.1 Å². The van der Waals surface area contributed by atoms with Crippen molar-refractivity contribution in [3.63, 3.8) is 0 Å². The average Bonchev–Trinajstić information content (AvgIpc) is 3.00. The Bertz CT molecular complexity index is 609. The Labute approximate surface area is 147 Å². The van der Waals surface area contributed by atoms with Gasteiger partial charge in [-0.05, 0) is 44.4 Å². The molecule has 0 saturated heterocycles. The van der Waals surface area contributed by atoms with Crippen LogP contribution in [0, 0.1) is 0 Å². The van der Waals surface area contributed by atoms with Gasteiger partial charge in [0.05, 0.1) is 6.61 Å². The molecule has 1 aliphatic rings. The van der Waals surface area contributed by atoms with E-state index in [-0.39, 0.29) is 4.75 Å². The molecule has 0 saturated carbocycles. The van der Waals surface area contributed by atoms with Crippen LogP contribution in [0.5, 0.6) is 5.75 Å². The molecule has 0 bridgehead atoms. The highest BCUT2D eigenvalue weighted by atomic mass is 32.2. The number of nitrogens with zero attached hydrogens (tertiary/aromatic N) is 1. The second-order valence-corrected chi connectivity index (χ2v) is 9.20. The fourth-order valence-corrected chi connectivity index (χ4v) is 3.41. The van der Waals surface area contributed by atoms with Crippen LogP contribution in [0.2, 0.25) is 0 Å². The Morgan fingerprint density at radius 3 is 2.75 bits per heavy atom. The van der Waals surface area contributed by atoms with Crippen molar-refractivity contribution in [2.24, 2.45) is 4.99 Å². The molecule has 6 heteroatoms. The van der Waals surface area contributed by atoms with Crippen molar-refractivity contribution in [2.45, 2.75) is 38.4 Å². The third-order valence-corrected chi connectivity index (χ3v) is 5.89. The molecule has 24 heavy (non-hydrogen) atoms. The van der Waals surface area contributed by atoms with Gasteiger partial charge in [-0.3, -0.25) is 9.20 Å². The second-order valence-electron chi connectivity index (χ2n) is 6.88. The first-order valence-electron chi connectivity index (χ1n) is 8.48. The SMILES string of the molecule is CN=C(NCCc1ccc2c(c1)CCO2)NCCS(=O)C(C)(C)C. The van der Waals surface area contributed by atoms with Crippen molar-refractivity contribution in [1.82, 2.24) is 10.6 Å². The number of nitrogens with one attached hydrogen (secondary N) is 2. The largest absolute Gasteiger partial charge is 0.493 e. The van der Waals surface area contributed by atoms with E-state index in [0.717, 1.165) is 37.7 Å². The number of fused-ring (bicyclic) bond motifs is 1. The van der Waals surface area contributed by atoms with Gasteiger partial charge in [0, 0.05) is 47.9 Å². The fourth-order valence-electron chi connectivity index (χ4n) is 2.51. The zero-order valence-electron chi connectivity index (χ0n) is 15.1. The smallest absolute Gasteiger partial charge is 0.191 e. The molecular weight excluding hydrogens is 322 g/mol. The minimum Gasteiger partial charge on any atom is -0.493 e. The number of guanidine groups is 1. The minimum atomic E-state index is -0.848. The lowest BCUT2D eigenvalue weighted by Crippen LogP contribution is -2.41. The average molecular weight is 352 g/mol. The summed E-state index contributed by atoms with van der Waals surface area (Å²) in [5.74, 6) is 2.40. The molecule has 0 aromatic heterocycles. The molecule has 0 spiro atoms. The molecule has 1 aliphatic heterocycles. The summed E-state index contributed by atoms with van der Waals surface area (Å²) in [6.45, 7) is 8.25. The van der Waals surface area contributed by atoms with Gasteiger partial charge in [-0.2, -0.15) is 0 Å². The van der Waals surface area contributed by atoms with Crippen LogP contribution in [-0.2, 0) is 23.6 Å². The molecule has 2 rings (SSSR count). The molecule has 5 nitrogen and oxygen atoms in total. The van der Waals surface area contributed by atoms with Crippen LogP contribution in [0.15, 0.2) is 23.2 Å². The van der Waals surface area contributed by atoms with E-state index >= 15 is 0 Å². The van der Waals surface area contributed by atoms with E-state index in [9.17, 15) is 4.21 Å². The number of hydrogen-bond acceptors (Lipinski definition) is 3. The molecule has 0 radical (unpaired) electrons. The minimum absolute atomic E-state index is 0.171. The maximum Gasteiger partial charge on any atom is 0.191 e. The lowest BCUT2D eigenvalue weighted by molar-refractivity contribution is 0.357. The summed E-state index contributed by atoms with van der Waals surface area (Å²) in [5.41, 5.74) is 2.61. The first-order valence-corrected chi connectivity index (χ1v) is 9.79. The normalized spacial score (nSPS) is 15.6. The van der Waals surface area contributed by atoms with Crippen molar-refractivity contribution in [3.8, 4) is 5.75 Å². The predicted molar refractivity (Wildman–Crippen MR) is 101 cm³/mol. The van der Waals surface area contributed by atoms with Crippen LogP contribution in [0.1, 0.15) is 31.9 Å². The van der Waals surface area contributed by atoms with Crippen LogP contribution in [0.4, 0.5) is 0 Å². The summed E-state index contributed by atoms with van der Waals surface area (Å²) in [4.78, 5) is 4.21. The highest BCUT2D eigenvalue weighted by molar-refractivity contribution is 7.86. The van der Waals surface area contributed by atoms with Gasteiger partial charge in [0.1, 0.15) is 5.75 Å². The Kier molecular flexibility index (Phi) is 6.66. The fraction of sp³-hybridized carbons (Fsp3) is 0.611. The zero-order chi connectivity index (χ0) is 17.6. The highest BCUT2D eigenvalue weighted by Crippen LogP contribution is 2.25. The molecule has 134 valence electrons. The van der Waals surface area contributed by atoms with E-state index in [0.29, 0.717) is 12.3 Å². The summed E-state index contributed by atoms with van der Waals surface area (Å²) in [7, 11) is 0.904. The first kappa shape index (κ1) is 18.8. The number of benzene rings is 1. The zero-order valence-corrected chi connectivity index (χ0v) is 16.0. The molecule has 1 heterocycles. The highest BCUT2D eigenvalue weighted by Gasteiger charge is 2.18. The van der Waals surface area contributed by atoms with Crippen molar-refractivity contribution < 1.29 is 8.95 Å². The maximum absolute atomic E-state index is 12.0. The first-order chi connectivity index (χ1) is 11.4. The maximum atomic E-state index is 12.0. The Morgan fingerprint density at radius 1 is 1.29 bits per heavy atom. The summed E-state index contributed by atoms with van der Waals surface area (Å²) >= 11 is 0. The van der Waals surface area contributed by atoms with Crippen LogP contribution < -0.4 is 15.4 Å². The number of rotatable bonds is 6. The molecular formula is C18H29N3O2S. The third-order valence-electron chi connectivity index (χ3n) is 3.95. The molecule has 0 aliphatic carbocycles. The van der Waals surface area contributed by atoms with Crippen molar-refractivity contribution in [1.29, 1.82) is 0 Å². The number of ether oxygens (including phenoxy) is 1. The van der Waals surface area contributed by atoms with Gasteiger partial charge in [-0.25, -0.2) is 0 Å². The molecule has 1 aromatic rings. The Morgan fingerprint density at radius 2 is 2.04 bits per heavy atom. The Hall–Kier alpha value is -1.56. The molecule has 1 aromatic carbocycles. The van der Waals surface area contributed by atoms with E-state index in [2.05, 4.69) is 33.8 Å². The predicted octanol–water partition coefficient (Wildman–Crippen LogP) is 1.88. The third kappa shape index (κ3) is 5.51. The number of hydrogen-bond donors (Lipinski definition) is 2. The lowest BCUT2D eigenvalue weighted by Gasteiger charge is -2.18. The summed E-state index contributed by atoms with van der Waals surface area (Å²) in [6, 6.07) is 6.41. The van der Waals surface area contributed by atoms with Crippen LogP contribution in [0.25, 0.3) is 0 Å². The van der Waals surface area contributed by atoms with Crippen LogP contribution >= 0.6 is 0 Å². The Balaban J connectivity index is 1.71. The van der Waals surface area contributed by atoms with Gasteiger partial charge < -0.3 is 15.4 Å². The van der Waals surface area contributed by atoms with E-state index in [1.807, 2.05) is 20.8 Å². The molecule has 0 fully saturated rings. The quantitative estimate of drug-likeness (QED) is 0.607. The van der Waals surface area contributed by atoms with Gasteiger partial charge in [0.25, 0.3) is 0 Å². The second kappa shape index (κ2) is 8.51. The van der Waals surface area contributed by atoms with Crippen molar-refractivity contribution in [2.75, 3.05) is 32.5 Å². The lowest BCUT2D eigenvalue weighted by atomic mass is 10.1. The van der Waals surface area contributed by atoms with Gasteiger partial charge in [-0.15, -0.1) is 0 Å². The topological polar surface area (TPSA) is 62.7 Å². The van der Waals surface area contributed by atoms with E-state index in [1.165, 1.54) is 11.1 Å². The molecule has 1 unspecified atom stereocenters. The van der Waals surface area contributed by atoms with E-state index < -0.39 is 10.8 Å². The summed E-state index contributed by atoms with van der Waals surface area (Å²) in [5, 5.41) is 6.53. The van der Waals surface area contributed by atoms with Gasteiger partial charge in [0.2, 0.25) is 0 Å². The van der Waals surface area contributed by atoms with E-state index in [4.69, 9.17) is 4.74 Å². The van der Waals surface area contributed by atoms with Crippen molar-refractivity contribution >= 4 is 16.8 Å². The standard InChI is InChI=1S/C18H29N3O2S/c1-18(2,3)24(22)12-10-21-17(19-4)20-9-7-14-5-6-16-15(13-14)8-11-23-16/h5-6,13H,7-12H2,1-4H3,(H2,19,20,21). The molecule has 2 N–H and O–H groups in total.